The first-order valence-corrected chi connectivity index (χ1v) is 6.73. The molecule has 0 aromatic rings. The third kappa shape index (κ3) is 2.76. The minimum atomic E-state index is -1.09. The summed E-state index contributed by atoms with van der Waals surface area (Å²) in [7, 11) is 0. The van der Waals surface area contributed by atoms with E-state index in [0.29, 0.717) is 13.1 Å². The highest BCUT2D eigenvalue weighted by molar-refractivity contribution is 5.86. The van der Waals surface area contributed by atoms with Crippen molar-refractivity contribution in [3.8, 4) is 0 Å². The molecule has 0 aromatic heterocycles. The Labute approximate surface area is 117 Å². The first kappa shape index (κ1) is 14.4. The summed E-state index contributed by atoms with van der Waals surface area (Å²) in [5, 5.41) is 14.3. The lowest BCUT2D eigenvalue weighted by atomic mass is 9.92. The lowest BCUT2D eigenvalue weighted by molar-refractivity contribution is -0.139. The van der Waals surface area contributed by atoms with Crippen molar-refractivity contribution in [3.05, 3.63) is 12.7 Å². The number of carbonyl (C=O) groups excluding carboxylic acids is 2. The molecule has 0 bridgehead atoms. The van der Waals surface area contributed by atoms with Gasteiger partial charge in [0, 0.05) is 13.1 Å². The Morgan fingerprint density at radius 2 is 2.35 bits per heavy atom. The summed E-state index contributed by atoms with van der Waals surface area (Å²) >= 11 is 0. The SMILES string of the molecule is C=CCC(NC(=O)N1CCCC2C(=O)NCC21)C(=O)O. The quantitative estimate of drug-likeness (QED) is 0.628. The maximum atomic E-state index is 12.2. The van der Waals surface area contributed by atoms with Crippen molar-refractivity contribution in [2.45, 2.75) is 31.3 Å². The highest BCUT2D eigenvalue weighted by Gasteiger charge is 2.43. The van der Waals surface area contributed by atoms with Gasteiger partial charge in [0.15, 0.2) is 0 Å². The molecule has 0 saturated carbocycles. The zero-order chi connectivity index (χ0) is 14.7. The van der Waals surface area contributed by atoms with Crippen molar-refractivity contribution in [1.82, 2.24) is 15.5 Å². The number of hydrogen-bond acceptors (Lipinski definition) is 3. The number of likely N-dealkylation sites (tertiary alicyclic amines) is 1. The zero-order valence-corrected chi connectivity index (χ0v) is 11.2. The average molecular weight is 281 g/mol. The molecule has 2 fully saturated rings. The summed E-state index contributed by atoms with van der Waals surface area (Å²) in [4.78, 5) is 36.5. The molecular weight excluding hydrogens is 262 g/mol. The van der Waals surface area contributed by atoms with E-state index < -0.39 is 18.0 Å². The number of urea groups is 1. The predicted molar refractivity (Wildman–Crippen MR) is 71.0 cm³/mol. The van der Waals surface area contributed by atoms with Crippen LogP contribution in [0.5, 0.6) is 0 Å². The van der Waals surface area contributed by atoms with E-state index in [9.17, 15) is 14.4 Å². The molecule has 20 heavy (non-hydrogen) atoms. The van der Waals surface area contributed by atoms with Crippen molar-refractivity contribution in [2.75, 3.05) is 13.1 Å². The highest BCUT2D eigenvalue weighted by atomic mass is 16.4. The van der Waals surface area contributed by atoms with Crippen LogP contribution in [0.15, 0.2) is 12.7 Å². The number of nitrogens with one attached hydrogen (secondary N) is 2. The highest BCUT2D eigenvalue weighted by Crippen LogP contribution is 2.27. The molecule has 7 nitrogen and oxygen atoms in total. The van der Waals surface area contributed by atoms with Crippen molar-refractivity contribution in [2.24, 2.45) is 5.92 Å². The smallest absolute Gasteiger partial charge is 0.326 e. The van der Waals surface area contributed by atoms with Gasteiger partial charge in [0.05, 0.1) is 12.0 Å². The topological polar surface area (TPSA) is 98.7 Å². The first-order valence-electron chi connectivity index (χ1n) is 6.73. The van der Waals surface area contributed by atoms with E-state index in [2.05, 4.69) is 17.2 Å². The molecule has 2 aliphatic heterocycles. The number of piperidine rings is 1. The van der Waals surface area contributed by atoms with E-state index >= 15 is 0 Å². The average Bonchev–Trinajstić information content (AvgIpc) is 2.80. The Bertz CT molecular complexity index is 437. The molecule has 0 spiro atoms. The summed E-state index contributed by atoms with van der Waals surface area (Å²) in [6.07, 6.45) is 3.15. The summed E-state index contributed by atoms with van der Waals surface area (Å²) < 4.78 is 0. The predicted octanol–water partition coefficient (Wildman–Crippen LogP) is -0.0643. The standard InChI is InChI=1S/C13H19N3O4/c1-2-4-9(12(18)19)15-13(20)16-6-3-5-8-10(16)7-14-11(8)17/h2,8-10H,1,3-7H2,(H,14,17)(H,15,20)(H,18,19). The van der Waals surface area contributed by atoms with Gasteiger partial charge in [-0.3, -0.25) is 4.79 Å². The molecule has 2 saturated heterocycles. The molecule has 3 unspecified atom stereocenters. The van der Waals surface area contributed by atoms with Gasteiger partial charge in [-0.05, 0) is 19.3 Å². The molecule has 7 heteroatoms. The van der Waals surface area contributed by atoms with Gasteiger partial charge < -0.3 is 20.6 Å². The summed E-state index contributed by atoms with van der Waals surface area (Å²) in [6.45, 7) is 4.47. The number of carbonyl (C=O) groups is 3. The first-order chi connectivity index (χ1) is 9.54. The largest absolute Gasteiger partial charge is 0.480 e. The van der Waals surface area contributed by atoms with E-state index in [0.717, 1.165) is 12.8 Å². The van der Waals surface area contributed by atoms with Crippen LogP contribution in [0.2, 0.25) is 0 Å². The van der Waals surface area contributed by atoms with E-state index in [-0.39, 0.29) is 24.3 Å². The number of rotatable bonds is 4. The summed E-state index contributed by atoms with van der Waals surface area (Å²) in [5.74, 6) is -1.28. The normalized spacial score (nSPS) is 26.4. The van der Waals surface area contributed by atoms with Crippen molar-refractivity contribution >= 4 is 17.9 Å². The number of carboxylic acids is 1. The minimum Gasteiger partial charge on any atom is -0.480 e. The second-order valence-corrected chi connectivity index (χ2v) is 5.12. The van der Waals surface area contributed by atoms with Gasteiger partial charge in [-0.15, -0.1) is 6.58 Å². The molecule has 3 amide bonds. The fourth-order valence-corrected chi connectivity index (χ4v) is 2.82. The Kier molecular flexibility index (Phi) is 4.26. The van der Waals surface area contributed by atoms with Crippen molar-refractivity contribution in [3.63, 3.8) is 0 Å². The Morgan fingerprint density at radius 1 is 1.60 bits per heavy atom. The van der Waals surface area contributed by atoms with Gasteiger partial charge in [0.25, 0.3) is 0 Å². The van der Waals surface area contributed by atoms with Crippen LogP contribution in [0.1, 0.15) is 19.3 Å². The van der Waals surface area contributed by atoms with Crippen LogP contribution in [-0.4, -0.2) is 53.1 Å². The number of nitrogens with zero attached hydrogens (tertiary/aromatic N) is 1. The molecular formula is C13H19N3O4. The van der Waals surface area contributed by atoms with Crippen LogP contribution in [0.3, 0.4) is 0 Å². The molecule has 3 N–H and O–H groups in total. The van der Waals surface area contributed by atoms with Crippen LogP contribution < -0.4 is 10.6 Å². The van der Waals surface area contributed by atoms with E-state index in [4.69, 9.17) is 5.11 Å². The van der Waals surface area contributed by atoms with Gasteiger partial charge in [-0.1, -0.05) is 6.08 Å². The lowest BCUT2D eigenvalue weighted by Crippen LogP contribution is -2.55. The Morgan fingerprint density at radius 3 is 3.00 bits per heavy atom. The van der Waals surface area contributed by atoms with Gasteiger partial charge >= 0.3 is 12.0 Å². The maximum absolute atomic E-state index is 12.2. The third-order valence-corrected chi connectivity index (χ3v) is 3.86. The number of amides is 3. The molecule has 0 aliphatic carbocycles. The number of hydrogen-bond donors (Lipinski definition) is 3. The van der Waals surface area contributed by atoms with Gasteiger partial charge in [-0.25, -0.2) is 9.59 Å². The van der Waals surface area contributed by atoms with Crippen LogP contribution in [0.25, 0.3) is 0 Å². The van der Waals surface area contributed by atoms with Gasteiger partial charge in [0.2, 0.25) is 5.91 Å². The van der Waals surface area contributed by atoms with Gasteiger partial charge in [-0.2, -0.15) is 0 Å². The number of carboxylic acid groups (broad SMARTS) is 1. The monoisotopic (exact) mass is 281 g/mol. The molecule has 0 radical (unpaired) electrons. The number of aliphatic carboxylic acids is 1. The third-order valence-electron chi connectivity index (χ3n) is 3.86. The van der Waals surface area contributed by atoms with Gasteiger partial charge in [0.1, 0.15) is 6.04 Å². The molecule has 2 rings (SSSR count). The lowest BCUT2D eigenvalue weighted by Gasteiger charge is -2.36. The Hall–Kier alpha value is -2.05. The fraction of sp³-hybridized carbons (Fsp3) is 0.615. The van der Waals surface area contributed by atoms with Crippen LogP contribution in [0, 0.1) is 5.92 Å². The molecule has 0 aromatic carbocycles. The molecule has 3 atom stereocenters. The minimum absolute atomic E-state index is 0.0200. The summed E-state index contributed by atoms with van der Waals surface area (Å²) in [5.41, 5.74) is 0. The Balaban J connectivity index is 2.02. The van der Waals surface area contributed by atoms with E-state index in [1.807, 2.05) is 0 Å². The van der Waals surface area contributed by atoms with E-state index in [1.165, 1.54) is 6.08 Å². The van der Waals surface area contributed by atoms with Crippen LogP contribution in [-0.2, 0) is 9.59 Å². The second-order valence-electron chi connectivity index (χ2n) is 5.12. The van der Waals surface area contributed by atoms with E-state index in [1.54, 1.807) is 4.90 Å². The maximum Gasteiger partial charge on any atom is 0.326 e. The zero-order valence-electron chi connectivity index (χ0n) is 11.2. The molecule has 110 valence electrons. The van der Waals surface area contributed by atoms with Crippen molar-refractivity contribution in [1.29, 1.82) is 0 Å². The molecule has 2 aliphatic rings. The van der Waals surface area contributed by atoms with Crippen LogP contribution >= 0.6 is 0 Å². The fourth-order valence-electron chi connectivity index (χ4n) is 2.82. The van der Waals surface area contributed by atoms with Crippen molar-refractivity contribution < 1.29 is 19.5 Å². The number of fused-ring (bicyclic) bond motifs is 1. The second kappa shape index (κ2) is 5.94. The summed E-state index contributed by atoms with van der Waals surface area (Å²) in [6, 6.07) is -1.58. The molecule has 2 heterocycles. The van der Waals surface area contributed by atoms with Crippen LogP contribution in [0.4, 0.5) is 4.79 Å².